The van der Waals surface area contributed by atoms with Gasteiger partial charge in [-0.15, -0.1) is 0 Å². The summed E-state index contributed by atoms with van der Waals surface area (Å²) >= 11 is 0. The number of hydrogen-bond acceptors (Lipinski definition) is 2. The van der Waals surface area contributed by atoms with Gasteiger partial charge in [0.2, 0.25) is 0 Å². The lowest BCUT2D eigenvalue weighted by Crippen LogP contribution is -2.34. The van der Waals surface area contributed by atoms with Crippen molar-refractivity contribution in [3.63, 3.8) is 0 Å². The first-order chi connectivity index (χ1) is 9.11. The minimum absolute atomic E-state index is 0.176. The van der Waals surface area contributed by atoms with Crippen LogP contribution in [0.2, 0.25) is 0 Å². The SMILES string of the molecule is CC[C@@H](N)c1ccc(N(C)C2CCC(C)CC2)cc1. The van der Waals surface area contributed by atoms with Gasteiger partial charge >= 0.3 is 0 Å². The van der Waals surface area contributed by atoms with Crippen molar-refractivity contribution in [2.75, 3.05) is 11.9 Å². The summed E-state index contributed by atoms with van der Waals surface area (Å²) in [7, 11) is 2.23. The van der Waals surface area contributed by atoms with Gasteiger partial charge in [-0.1, -0.05) is 26.0 Å². The first-order valence-electron chi connectivity index (χ1n) is 7.70. The molecule has 0 radical (unpaired) electrons. The van der Waals surface area contributed by atoms with Crippen molar-refractivity contribution in [2.45, 2.75) is 58.0 Å². The smallest absolute Gasteiger partial charge is 0.0366 e. The maximum Gasteiger partial charge on any atom is 0.0366 e. The monoisotopic (exact) mass is 260 g/mol. The van der Waals surface area contributed by atoms with Crippen LogP contribution in [0, 0.1) is 5.92 Å². The van der Waals surface area contributed by atoms with E-state index in [4.69, 9.17) is 5.73 Å². The molecule has 1 aromatic carbocycles. The summed E-state index contributed by atoms with van der Waals surface area (Å²) in [5, 5.41) is 0. The van der Waals surface area contributed by atoms with Gasteiger partial charge in [0.25, 0.3) is 0 Å². The number of anilines is 1. The number of benzene rings is 1. The van der Waals surface area contributed by atoms with Crippen LogP contribution in [-0.2, 0) is 0 Å². The summed E-state index contributed by atoms with van der Waals surface area (Å²) in [5.74, 6) is 0.912. The number of nitrogens with zero attached hydrogens (tertiary/aromatic N) is 1. The molecular weight excluding hydrogens is 232 g/mol. The van der Waals surface area contributed by atoms with Crippen molar-refractivity contribution >= 4 is 5.69 Å². The standard InChI is InChI=1S/C17H28N2/c1-4-17(18)14-7-11-16(12-8-14)19(3)15-9-5-13(2)6-10-15/h7-8,11-13,15,17H,4-6,9-10,18H2,1-3H3/t13?,15?,17-/m1/s1. The van der Waals surface area contributed by atoms with Crippen molar-refractivity contribution in [2.24, 2.45) is 11.7 Å². The Morgan fingerprint density at radius 3 is 2.26 bits per heavy atom. The molecule has 0 aliphatic heterocycles. The van der Waals surface area contributed by atoms with Crippen LogP contribution in [0.1, 0.15) is 57.6 Å². The second-order valence-electron chi connectivity index (χ2n) is 6.13. The largest absolute Gasteiger partial charge is 0.372 e. The summed E-state index contributed by atoms with van der Waals surface area (Å²) in [6.45, 7) is 4.51. The van der Waals surface area contributed by atoms with Gasteiger partial charge < -0.3 is 10.6 Å². The molecular formula is C17H28N2. The second kappa shape index (κ2) is 6.42. The van der Waals surface area contributed by atoms with E-state index in [0.29, 0.717) is 6.04 Å². The first-order valence-corrected chi connectivity index (χ1v) is 7.70. The Kier molecular flexibility index (Phi) is 4.87. The Hall–Kier alpha value is -1.02. The van der Waals surface area contributed by atoms with Crippen molar-refractivity contribution in [3.8, 4) is 0 Å². The third-order valence-electron chi connectivity index (χ3n) is 4.70. The third-order valence-corrected chi connectivity index (χ3v) is 4.70. The van der Waals surface area contributed by atoms with E-state index >= 15 is 0 Å². The predicted molar refractivity (Wildman–Crippen MR) is 83.5 cm³/mol. The van der Waals surface area contributed by atoms with E-state index in [-0.39, 0.29) is 6.04 Å². The zero-order valence-corrected chi connectivity index (χ0v) is 12.6. The molecule has 1 saturated carbocycles. The third kappa shape index (κ3) is 3.50. The maximum absolute atomic E-state index is 6.06. The minimum Gasteiger partial charge on any atom is -0.372 e. The van der Waals surface area contributed by atoms with Gasteiger partial charge in [-0.05, 0) is 55.7 Å². The summed E-state index contributed by atoms with van der Waals surface area (Å²) < 4.78 is 0. The van der Waals surface area contributed by atoms with Gasteiger partial charge in [-0.2, -0.15) is 0 Å². The lowest BCUT2D eigenvalue weighted by Gasteiger charge is -2.35. The molecule has 0 aromatic heterocycles. The lowest BCUT2D eigenvalue weighted by atomic mass is 9.86. The summed E-state index contributed by atoms with van der Waals surface area (Å²) in [6, 6.07) is 9.71. The Balaban J connectivity index is 2.01. The second-order valence-corrected chi connectivity index (χ2v) is 6.13. The molecule has 0 amide bonds. The number of hydrogen-bond donors (Lipinski definition) is 1. The molecule has 2 nitrogen and oxygen atoms in total. The fraction of sp³-hybridized carbons (Fsp3) is 0.647. The maximum atomic E-state index is 6.06. The van der Waals surface area contributed by atoms with Gasteiger partial charge in [0.05, 0.1) is 0 Å². The van der Waals surface area contributed by atoms with Crippen molar-refractivity contribution in [1.82, 2.24) is 0 Å². The topological polar surface area (TPSA) is 29.3 Å². The minimum atomic E-state index is 0.176. The molecule has 1 aliphatic carbocycles. The zero-order chi connectivity index (χ0) is 13.8. The molecule has 106 valence electrons. The van der Waals surface area contributed by atoms with Gasteiger partial charge in [0, 0.05) is 24.8 Å². The molecule has 2 N–H and O–H groups in total. The summed E-state index contributed by atoms with van der Waals surface area (Å²) in [4.78, 5) is 2.45. The molecule has 0 heterocycles. The van der Waals surface area contributed by atoms with Crippen LogP contribution in [0.5, 0.6) is 0 Å². The van der Waals surface area contributed by atoms with E-state index < -0.39 is 0 Å². The fourth-order valence-corrected chi connectivity index (χ4v) is 3.03. The van der Waals surface area contributed by atoms with Crippen molar-refractivity contribution in [1.29, 1.82) is 0 Å². The van der Waals surface area contributed by atoms with Crippen LogP contribution in [0.3, 0.4) is 0 Å². The first kappa shape index (κ1) is 14.4. The normalized spacial score (nSPS) is 25.1. The molecule has 0 unspecified atom stereocenters. The predicted octanol–water partition coefficient (Wildman–Crippen LogP) is 4.11. The van der Waals surface area contributed by atoms with Crippen molar-refractivity contribution < 1.29 is 0 Å². The van der Waals surface area contributed by atoms with E-state index in [9.17, 15) is 0 Å². The van der Waals surface area contributed by atoms with Gasteiger partial charge in [0.15, 0.2) is 0 Å². The lowest BCUT2D eigenvalue weighted by molar-refractivity contribution is 0.341. The molecule has 2 heteroatoms. The molecule has 0 bridgehead atoms. The van der Waals surface area contributed by atoms with Gasteiger partial charge in [-0.3, -0.25) is 0 Å². The summed E-state index contributed by atoms with van der Waals surface area (Å²) in [5.41, 5.74) is 8.64. The van der Waals surface area contributed by atoms with Crippen LogP contribution >= 0.6 is 0 Å². The quantitative estimate of drug-likeness (QED) is 0.882. The number of rotatable bonds is 4. The molecule has 0 spiro atoms. The average Bonchev–Trinajstić information content (AvgIpc) is 2.46. The fourth-order valence-electron chi connectivity index (χ4n) is 3.03. The van der Waals surface area contributed by atoms with Crippen LogP contribution in [0.15, 0.2) is 24.3 Å². The Morgan fingerprint density at radius 1 is 1.16 bits per heavy atom. The average molecular weight is 260 g/mol. The highest BCUT2D eigenvalue weighted by Gasteiger charge is 2.21. The van der Waals surface area contributed by atoms with Gasteiger partial charge in [0.1, 0.15) is 0 Å². The molecule has 0 saturated heterocycles. The molecule has 1 aliphatic rings. The highest BCUT2D eigenvalue weighted by Crippen LogP contribution is 2.29. The van der Waals surface area contributed by atoms with Crippen LogP contribution in [0.25, 0.3) is 0 Å². The Labute approximate surface area is 118 Å². The van der Waals surface area contributed by atoms with E-state index in [1.54, 1.807) is 0 Å². The van der Waals surface area contributed by atoms with E-state index in [1.165, 1.54) is 36.9 Å². The Morgan fingerprint density at radius 2 is 1.74 bits per heavy atom. The molecule has 1 aromatic rings. The highest BCUT2D eigenvalue weighted by molar-refractivity contribution is 5.48. The summed E-state index contributed by atoms with van der Waals surface area (Å²) in [6.07, 6.45) is 6.39. The van der Waals surface area contributed by atoms with Crippen LogP contribution in [0.4, 0.5) is 5.69 Å². The van der Waals surface area contributed by atoms with E-state index in [1.807, 2.05) is 0 Å². The zero-order valence-electron chi connectivity index (χ0n) is 12.6. The molecule has 2 rings (SSSR count). The van der Waals surface area contributed by atoms with E-state index in [0.717, 1.165) is 12.3 Å². The molecule has 19 heavy (non-hydrogen) atoms. The van der Waals surface area contributed by atoms with Crippen molar-refractivity contribution in [3.05, 3.63) is 29.8 Å². The Bertz CT molecular complexity index is 377. The van der Waals surface area contributed by atoms with Crippen LogP contribution < -0.4 is 10.6 Å². The van der Waals surface area contributed by atoms with Gasteiger partial charge in [-0.25, -0.2) is 0 Å². The molecule has 1 fully saturated rings. The highest BCUT2D eigenvalue weighted by atomic mass is 15.1. The van der Waals surface area contributed by atoms with E-state index in [2.05, 4.69) is 50.1 Å². The van der Waals surface area contributed by atoms with Crippen LogP contribution in [-0.4, -0.2) is 13.1 Å². The molecule has 1 atom stereocenters. The number of nitrogens with two attached hydrogens (primary N) is 1.